The molecule has 0 aliphatic carbocycles. The van der Waals surface area contributed by atoms with Crippen molar-refractivity contribution in [1.29, 1.82) is 0 Å². The zero-order chi connectivity index (χ0) is 8.85. The van der Waals surface area contributed by atoms with Crippen LogP contribution in [0.3, 0.4) is 0 Å². The van der Waals surface area contributed by atoms with E-state index in [1.807, 2.05) is 6.92 Å². The molecule has 0 amide bonds. The Morgan fingerprint density at radius 2 is 1.91 bits per heavy atom. The van der Waals surface area contributed by atoms with Crippen molar-refractivity contribution in [2.45, 2.75) is 27.2 Å². The van der Waals surface area contributed by atoms with Gasteiger partial charge < -0.3 is 0 Å². The Morgan fingerprint density at radius 1 is 1.36 bits per heavy atom. The molecule has 0 aromatic rings. The summed E-state index contributed by atoms with van der Waals surface area (Å²) in [6.07, 6.45) is 5.39. The van der Waals surface area contributed by atoms with Crippen LogP contribution < -0.4 is 0 Å². The van der Waals surface area contributed by atoms with Crippen LogP contribution in [0.25, 0.3) is 0 Å². The average Bonchev–Trinajstić information content (AvgIpc) is 1.85. The number of hydrogen-bond acceptors (Lipinski definition) is 0. The molecule has 11 heavy (non-hydrogen) atoms. The van der Waals surface area contributed by atoms with E-state index in [0.29, 0.717) is 0 Å². The van der Waals surface area contributed by atoms with Gasteiger partial charge in [-0.1, -0.05) is 24.6 Å². The third kappa shape index (κ3) is 6.35. The molecule has 0 bridgehead atoms. The molecule has 0 aromatic heterocycles. The highest BCUT2D eigenvalue weighted by atomic mass is 127. The third-order valence-electron chi connectivity index (χ3n) is 1.33. The van der Waals surface area contributed by atoms with E-state index in [0.717, 1.165) is 12.0 Å². The Hall–Kier alpha value is -0.0500. The van der Waals surface area contributed by atoms with E-state index < -0.39 is 0 Å². The second-order valence-electron chi connectivity index (χ2n) is 2.72. The normalized spacial score (nSPS) is 13.5. The third-order valence-corrected chi connectivity index (χ3v) is 1.95. The summed E-state index contributed by atoms with van der Waals surface area (Å²) in [5.41, 5.74) is 2.52. The lowest BCUT2D eigenvalue weighted by atomic mass is 10.2. The molecule has 0 fully saturated rings. The number of hydrogen-bond donors (Lipinski definition) is 0. The summed E-state index contributed by atoms with van der Waals surface area (Å²) in [6.45, 7) is 10.1. The van der Waals surface area contributed by atoms with Crippen molar-refractivity contribution in [3.63, 3.8) is 0 Å². The molecule has 0 radical (unpaired) electrons. The van der Waals surface area contributed by atoms with E-state index in [1.54, 1.807) is 0 Å². The minimum absolute atomic E-state index is 1.11. The van der Waals surface area contributed by atoms with Gasteiger partial charge >= 0.3 is 0 Å². The maximum absolute atomic E-state index is 3.82. The first-order chi connectivity index (χ1) is 5.06. The molecule has 0 N–H and O–H groups in total. The van der Waals surface area contributed by atoms with Crippen molar-refractivity contribution in [3.8, 4) is 0 Å². The number of halogens is 1. The molecule has 0 spiro atoms. The first-order valence-electron chi connectivity index (χ1n) is 3.76. The van der Waals surface area contributed by atoms with Crippen molar-refractivity contribution in [2.24, 2.45) is 0 Å². The van der Waals surface area contributed by atoms with E-state index >= 15 is 0 Å². The lowest BCUT2D eigenvalue weighted by Crippen LogP contribution is -1.72. The van der Waals surface area contributed by atoms with Gasteiger partial charge in [0.15, 0.2) is 0 Å². The van der Waals surface area contributed by atoms with Gasteiger partial charge in [-0.25, -0.2) is 0 Å². The predicted octanol–water partition coefficient (Wildman–Crippen LogP) is 4.24. The monoisotopic (exact) mass is 262 g/mol. The molecule has 0 atom stereocenters. The maximum Gasteiger partial charge on any atom is 0.0132 e. The SMILES string of the molecule is C=C(C)/C=C(I)\C=C(\C)CC. The van der Waals surface area contributed by atoms with Crippen LogP contribution in [0.5, 0.6) is 0 Å². The Morgan fingerprint density at radius 3 is 2.27 bits per heavy atom. The van der Waals surface area contributed by atoms with Crippen LogP contribution in [0.1, 0.15) is 27.2 Å². The summed E-state index contributed by atoms with van der Waals surface area (Å²) in [6, 6.07) is 0. The first kappa shape index (κ1) is 11.0. The average molecular weight is 262 g/mol. The van der Waals surface area contributed by atoms with Crippen molar-refractivity contribution >= 4 is 22.6 Å². The lowest BCUT2D eigenvalue weighted by Gasteiger charge is -1.94. The van der Waals surface area contributed by atoms with Gasteiger partial charge in [0.1, 0.15) is 0 Å². The van der Waals surface area contributed by atoms with Gasteiger partial charge in [0.25, 0.3) is 0 Å². The molecule has 0 unspecified atom stereocenters. The minimum atomic E-state index is 1.11. The molecule has 0 heterocycles. The van der Waals surface area contributed by atoms with E-state index in [9.17, 15) is 0 Å². The van der Waals surface area contributed by atoms with E-state index in [-0.39, 0.29) is 0 Å². The maximum atomic E-state index is 3.82. The fraction of sp³-hybridized carbons (Fsp3) is 0.400. The van der Waals surface area contributed by atoms with Crippen LogP contribution in [0.2, 0.25) is 0 Å². The summed E-state index contributed by atoms with van der Waals surface area (Å²) >= 11 is 2.32. The van der Waals surface area contributed by atoms with E-state index in [4.69, 9.17) is 0 Å². The Bertz CT molecular complexity index is 197. The molecule has 1 heteroatoms. The standard InChI is InChI=1S/C10H15I/c1-5-9(4)7-10(11)6-8(2)3/h6-7H,2,5H2,1,3-4H3/b9-7-,10-6+. The fourth-order valence-electron chi connectivity index (χ4n) is 0.615. The molecule has 0 aromatic carbocycles. The number of allylic oxidation sites excluding steroid dienone is 5. The molecule has 62 valence electrons. The molecular formula is C10H15I. The van der Waals surface area contributed by atoms with Gasteiger partial charge in [0.2, 0.25) is 0 Å². The predicted molar refractivity (Wildman–Crippen MR) is 61.0 cm³/mol. The molecule has 0 nitrogen and oxygen atoms in total. The van der Waals surface area contributed by atoms with Crippen molar-refractivity contribution in [2.75, 3.05) is 0 Å². The summed E-state index contributed by atoms with van der Waals surface area (Å²) in [7, 11) is 0. The van der Waals surface area contributed by atoms with Gasteiger partial charge in [-0.3, -0.25) is 0 Å². The summed E-state index contributed by atoms with van der Waals surface area (Å²) in [4.78, 5) is 0. The van der Waals surface area contributed by atoms with E-state index in [2.05, 4.69) is 55.2 Å². The smallest absolute Gasteiger partial charge is 0.0132 e. The van der Waals surface area contributed by atoms with Gasteiger partial charge in [-0.2, -0.15) is 0 Å². The molecule has 0 rings (SSSR count). The Kier molecular flexibility index (Phi) is 5.56. The zero-order valence-electron chi connectivity index (χ0n) is 7.45. The highest BCUT2D eigenvalue weighted by Crippen LogP contribution is 2.14. The Labute approximate surface area is 83.2 Å². The second-order valence-corrected chi connectivity index (χ2v) is 3.97. The fourth-order valence-corrected chi connectivity index (χ4v) is 1.68. The van der Waals surface area contributed by atoms with Gasteiger partial charge in [-0.05, 0) is 55.0 Å². The summed E-state index contributed by atoms with van der Waals surface area (Å²) < 4.78 is 1.26. The number of rotatable bonds is 3. The van der Waals surface area contributed by atoms with Crippen LogP contribution in [-0.2, 0) is 0 Å². The highest BCUT2D eigenvalue weighted by molar-refractivity contribution is 14.1. The Balaban J connectivity index is 4.26. The van der Waals surface area contributed by atoms with Crippen LogP contribution >= 0.6 is 22.6 Å². The molecule has 0 aliphatic rings. The summed E-state index contributed by atoms with van der Waals surface area (Å²) in [5, 5.41) is 0. The highest BCUT2D eigenvalue weighted by Gasteiger charge is 1.87. The zero-order valence-corrected chi connectivity index (χ0v) is 9.60. The van der Waals surface area contributed by atoms with E-state index in [1.165, 1.54) is 9.15 Å². The van der Waals surface area contributed by atoms with Crippen molar-refractivity contribution in [3.05, 3.63) is 33.5 Å². The lowest BCUT2D eigenvalue weighted by molar-refractivity contribution is 1.10. The first-order valence-corrected chi connectivity index (χ1v) is 4.84. The quantitative estimate of drug-likeness (QED) is 0.527. The van der Waals surface area contributed by atoms with Crippen molar-refractivity contribution < 1.29 is 0 Å². The van der Waals surface area contributed by atoms with Gasteiger partial charge in [-0.15, -0.1) is 0 Å². The molecule has 0 saturated heterocycles. The minimum Gasteiger partial charge on any atom is -0.0961 e. The van der Waals surface area contributed by atoms with Crippen LogP contribution in [0.15, 0.2) is 33.5 Å². The molecule has 0 aliphatic heterocycles. The largest absolute Gasteiger partial charge is 0.0961 e. The van der Waals surface area contributed by atoms with Crippen LogP contribution in [0, 0.1) is 0 Å². The van der Waals surface area contributed by atoms with Gasteiger partial charge in [0.05, 0.1) is 0 Å². The van der Waals surface area contributed by atoms with Crippen molar-refractivity contribution in [1.82, 2.24) is 0 Å². The van der Waals surface area contributed by atoms with Crippen LogP contribution in [0.4, 0.5) is 0 Å². The topological polar surface area (TPSA) is 0 Å². The molecular weight excluding hydrogens is 247 g/mol. The summed E-state index contributed by atoms with van der Waals surface area (Å²) in [5.74, 6) is 0. The second kappa shape index (κ2) is 5.58. The van der Waals surface area contributed by atoms with Gasteiger partial charge in [0, 0.05) is 3.58 Å². The molecule has 0 saturated carbocycles. The van der Waals surface area contributed by atoms with Crippen LogP contribution in [-0.4, -0.2) is 0 Å².